The lowest BCUT2D eigenvalue weighted by Crippen LogP contribution is -2.71. The van der Waals surface area contributed by atoms with Crippen LogP contribution >= 0.6 is 35.0 Å². The minimum Gasteiger partial charge on any atom is -0.504 e. The lowest BCUT2D eigenvalue weighted by atomic mass is 10.0. The first-order valence-electron chi connectivity index (χ1n) is 13.9. The number of carboxylic acids is 2. The topological polar surface area (TPSA) is 294 Å². The number of nitrogen functional groups attached to an aromatic ring is 3. The number of aromatic nitrogens is 3. The molecule has 5 rings (SSSR count). The Bertz CT molecular complexity index is 1950. The Balaban J connectivity index is 1.32. The fourth-order valence-electron chi connectivity index (χ4n) is 4.63. The van der Waals surface area contributed by atoms with E-state index in [0.29, 0.717) is 28.5 Å². The van der Waals surface area contributed by atoms with Gasteiger partial charge < -0.3 is 47.8 Å². The van der Waals surface area contributed by atoms with Crippen LogP contribution in [0.1, 0.15) is 22.9 Å². The number of nitrogens with two attached hydrogens (primary N) is 3. The molecule has 1 aromatic carbocycles. The first-order chi connectivity index (χ1) is 23.3. The number of hydrogen-bond donors (Lipinski definition) is 8. The molecule has 2 aliphatic rings. The number of aromatic hydroxyl groups is 2. The zero-order valence-corrected chi connectivity index (χ0v) is 27.7. The number of fused-ring (bicyclic) bond motifs is 1. The number of carbonyl (C=O) groups is 4. The first kappa shape index (κ1) is 34.8. The van der Waals surface area contributed by atoms with Crippen molar-refractivity contribution in [3.05, 3.63) is 70.1 Å². The molecule has 4 heterocycles. The third kappa shape index (κ3) is 7.17. The van der Waals surface area contributed by atoms with Crippen LogP contribution in [-0.2, 0) is 24.0 Å². The molecular formula is C28H28N9O9S3+. The number of phenolic OH excluding ortho intramolecular Hbond substituents is 2. The number of oxime groups is 1. The molecule has 0 bridgehead atoms. The molecule has 3 atom stereocenters. The van der Waals surface area contributed by atoms with Crippen LogP contribution in [0, 0.1) is 6.92 Å². The van der Waals surface area contributed by atoms with Crippen LogP contribution in [0.4, 0.5) is 16.8 Å². The van der Waals surface area contributed by atoms with E-state index in [9.17, 15) is 39.6 Å². The van der Waals surface area contributed by atoms with Crippen molar-refractivity contribution in [2.75, 3.05) is 28.7 Å². The highest BCUT2D eigenvalue weighted by molar-refractivity contribution is 8.00. The predicted octanol–water partition coefficient (Wildman–Crippen LogP) is 0.330. The third-order valence-electron chi connectivity index (χ3n) is 7.18. The number of thiazole rings is 1. The van der Waals surface area contributed by atoms with E-state index in [4.69, 9.17) is 22.0 Å². The summed E-state index contributed by atoms with van der Waals surface area (Å²) >= 11 is 3.48. The molecule has 1 unspecified atom stereocenters. The fourth-order valence-corrected chi connectivity index (χ4v) is 7.22. The van der Waals surface area contributed by atoms with E-state index in [0.717, 1.165) is 28.4 Å². The number of hydrogen-bond acceptors (Lipinski definition) is 16. The average molecular weight is 731 g/mol. The molecule has 18 nitrogen and oxygen atoms in total. The number of rotatable bonds is 12. The maximum Gasteiger partial charge on any atom is 0.352 e. The van der Waals surface area contributed by atoms with E-state index in [-0.39, 0.29) is 27.8 Å². The van der Waals surface area contributed by atoms with Gasteiger partial charge in [0, 0.05) is 34.4 Å². The van der Waals surface area contributed by atoms with Crippen LogP contribution < -0.4 is 26.5 Å². The van der Waals surface area contributed by atoms with E-state index >= 15 is 0 Å². The second-order valence-electron chi connectivity index (χ2n) is 10.3. The maximum absolute atomic E-state index is 13.5. The summed E-state index contributed by atoms with van der Waals surface area (Å²) in [5, 5.41) is 46.0. The van der Waals surface area contributed by atoms with Crippen LogP contribution in [0.2, 0.25) is 0 Å². The number of benzene rings is 1. The summed E-state index contributed by atoms with van der Waals surface area (Å²) in [5.74, 6) is -4.33. The smallest absolute Gasteiger partial charge is 0.352 e. The summed E-state index contributed by atoms with van der Waals surface area (Å²) in [4.78, 5) is 65.3. The number of carboxylic acid groups (broad SMARTS) is 2. The van der Waals surface area contributed by atoms with Gasteiger partial charge in [-0.25, -0.2) is 14.6 Å². The van der Waals surface area contributed by atoms with Crippen molar-refractivity contribution >= 4 is 81.3 Å². The Morgan fingerprint density at radius 1 is 1.24 bits per heavy atom. The Labute approximate surface area is 289 Å². The number of thioether (sulfide) groups is 1. The molecule has 0 saturated carbocycles. The van der Waals surface area contributed by atoms with Gasteiger partial charge in [0.2, 0.25) is 24.1 Å². The van der Waals surface area contributed by atoms with Gasteiger partial charge in [0.25, 0.3) is 11.8 Å². The van der Waals surface area contributed by atoms with E-state index < -0.39 is 58.5 Å². The van der Waals surface area contributed by atoms with Crippen molar-refractivity contribution < 1.29 is 48.4 Å². The second-order valence-corrected chi connectivity index (χ2v) is 13.3. The zero-order valence-electron chi connectivity index (χ0n) is 25.2. The van der Waals surface area contributed by atoms with Gasteiger partial charge in [0.1, 0.15) is 22.8 Å². The molecular weight excluding hydrogens is 703 g/mol. The van der Waals surface area contributed by atoms with Crippen molar-refractivity contribution in [2.45, 2.75) is 24.4 Å². The number of amides is 2. The Hall–Kier alpha value is -5.54. The molecule has 256 valence electrons. The predicted molar refractivity (Wildman–Crippen MR) is 179 cm³/mol. The molecule has 0 radical (unpaired) electrons. The average Bonchev–Trinajstić information content (AvgIpc) is 3.49. The largest absolute Gasteiger partial charge is 0.504 e. The van der Waals surface area contributed by atoms with Crippen LogP contribution in [-0.4, -0.2) is 87.7 Å². The van der Waals surface area contributed by atoms with E-state index in [2.05, 4.69) is 20.4 Å². The Kier molecular flexibility index (Phi) is 10.1. The van der Waals surface area contributed by atoms with Gasteiger partial charge in [0.05, 0.1) is 5.56 Å². The number of β-lactam (4-membered cyclic amide) rings is 1. The summed E-state index contributed by atoms with van der Waals surface area (Å²) in [7, 11) is 0. The van der Waals surface area contributed by atoms with Crippen molar-refractivity contribution in [1.82, 2.24) is 20.2 Å². The number of nitrogens with one attached hydrogen (secondary N) is 1. The molecule has 2 aromatic heterocycles. The molecule has 1 saturated heterocycles. The highest BCUT2D eigenvalue weighted by Crippen LogP contribution is 2.41. The van der Waals surface area contributed by atoms with E-state index in [1.165, 1.54) is 41.5 Å². The molecule has 21 heteroatoms. The third-order valence-corrected chi connectivity index (χ3v) is 10.1. The lowest BCUT2D eigenvalue weighted by Gasteiger charge is -2.49. The molecule has 3 aromatic rings. The normalized spacial score (nSPS) is 18.2. The standard InChI is InChI=1S/C28H27N9O9S3/c1-11-21(29)32-10-36(22(11)30)49-6-2-3-13-8-47-25-18(24(41)37(25)19(13)26(42)43)34-23(40)17(14-9-48-28(31)33-14)35-46-20(27(44)45)12-4-5-15(38)16(39)7-12/h2-5,7,9-10,18,20,25H,6,8H2,1H3,(H10,29,30,31,33,34,35,38,39,40,42,43,44,45)/p+1/b3-2+/t18-,20?,25-/m1/s1. The van der Waals surface area contributed by atoms with Crippen LogP contribution in [0.15, 0.2) is 58.5 Å². The fraction of sp³-hybridized carbons (Fsp3) is 0.214. The van der Waals surface area contributed by atoms with Gasteiger partial charge in [-0.1, -0.05) is 28.4 Å². The summed E-state index contributed by atoms with van der Waals surface area (Å²) in [5.41, 5.74) is 17.6. The SMILES string of the molecule is Cc1c(N)nc[n+](SC/C=C/C2=C(C(=O)O)N3C(=O)[C@@H](NC(=O)/C(=N\OC(C(=O)O)c4ccc(O)c(O)c4)c4csc(N)n4)[C@H]3SC2)c1N. The molecule has 1 fully saturated rings. The molecule has 2 amide bonds. The quantitative estimate of drug-likeness (QED) is 0.0409. The van der Waals surface area contributed by atoms with E-state index in [1.54, 1.807) is 23.0 Å². The summed E-state index contributed by atoms with van der Waals surface area (Å²) in [6.07, 6.45) is 2.98. The van der Waals surface area contributed by atoms with Gasteiger partial charge in [-0.3, -0.25) is 14.5 Å². The number of phenols is 2. The molecule has 49 heavy (non-hydrogen) atoms. The Morgan fingerprint density at radius 3 is 2.65 bits per heavy atom. The van der Waals surface area contributed by atoms with Crippen molar-refractivity contribution in [2.24, 2.45) is 5.16 Å². The van der Waals surface area contributed by atoms with Gasteiger partial charge in [-0.05, 0) is 24.6 Å². The lowest BCUT2D eigenvalue weighted by molar-refractivity contribution is -0.481. The second kappa shape index (κ2) is 14.3. The number of aliphatic carboxylic acids is 2. The first-order valence-corrected chi connectivity index (χ1v) is 16.8. The van der Waals surface area contributed by atoms with Crippen LogP contribution in [0.25, 0.3) is 0 Å². The molecule has 0 spiro atoms. The van der Waals surface area contributed by atoms with Gasteiger partial charge >= 0.3 is 11.9 Å². The summed E-state index contributed by atoms with van der Waals surface area (Å²) in [6, 6.07) is 2.01. The number of anilines is 3. The van der Waals surface area contributed by atoms with Gasteiger partial charge in [-0.2, -0.15) is 3.97 Å². The number of nitrogens with zero attached hydrogens (tertiary/aromatic N) is 5. The number of carbonyl (C=O) groups excluding carboxylic acids is 2. The van der Waals surface area contributed by atoms with Gasteiger partial charge in [0.15, 0.2) is 22.3 Å². The monoisotopic (exact) mass is 730 g/mol. The van der Waals surface area contributed by atoms with Crippen LogP contribution in [0.5, 0.6) is 11.5 Å². The minimum absolute atomic E-state index is 0.0556. The van der Waals surface area contributed by atoms with Crippen LogP contribution in [0.3, 0.4) is 0 Å². The van der Waals surface area contributed by atoms with Crippen molar-refractivity contribution in [3.8, 4) is 11.5 Å². The minimum atomic E-state index is -1.82. The summed E-state index contributed by atoms with van der Waals surface area (Å²) < 4.78 is 1.63. The Morgan fingerprint density at radius 2 is 2.00 bits per heavy atom. The molecule has 0 aliphatic carbocycles. The highest BCUT2D eigenvalue weighted by atomic mass is 32.2. The zero-order chi connectivity index (χ0) is 35.6. The highest BCUT2D eigenvalue weighted by Gasteiger charge is 2.54. The molecule has 2 aliphatic heterocycles. The van der Waals surface area contributed by atoms with Crippen molar-refractivity contribution in [1.29, 1.82) is 0 Å². The molecule has 11 N–H and O–H groups in total. The number of allylic oxidation sites excluding steroid dienone is 1. The van der Waals surface area contributed by atoms with Gasteiger partial charge in [-0.15, -0.1) is 23.1 Å². The maximum atomic E-state index is 13.5. The van der Waals surface area contributed by atoms with E-state index in [1.807, 2.05) is 0 Å². The summed E-state index contributed by atoms with van der Waals surface area (Å²) in [6.45, 7) is 1.74. The van der Waals surface area contributed by atoms with Crippen molar-refractivity contribution in [3.63, 3.8) is 0 Å².